The van der Waals surface area contributed by atoms with Gasteiger partial charge in [0.1, 0.15) is 0 Å². The minimum Gasteiger partial charge on any atom is -0.368 e. The molecule has 0 aliphatic rings. The van der Waals surface area contributed by atoms with Crippen LogP contribution in [0.15, 0.2) is 30.3 Å². The number of amides is 1. The van der Waals surface area contributed by atoms with Gasteiger partial charge in [0.05, 0.1) is 12.6 Å². The zero-order valence-corrected chi connectivity index (χ0v) is 10.6. The predicted octanol–water partition coefficient (Wildman–Crippen LogP) is 2.19. The Kier molecular flexibility index (Phi) is 5.35. The van der Waals surface area contributed by atoms with Crippen molar-refractivity contribution < 1.29 is 18.0 Å². The first-order chi connectivity index (χ1) is 8.79. The minimum atomic E-state index is -4.36. The first-order valence-corrected chi connectivity index (χ1v) is 5.94. The number of benzene rings is 1. The maximum Gasteiger partial charge on any atom is 0.401 e. The SMILES string of the molecule is CC(CC(NCC(F)(F)F)C(N)=O)c1ccccc1. The fourth-order valence-electron chi connectivity index (χ4n) is 1.81. The zero-order chi connectivity index (χ0) is 14.5. The summed E-state index contributed by atoms with van der Waals surface area (Å²) in [5.41, 5.74) is 6.08. The van der Waals surface area contributed by atoms with Crippen molar-refractivity contribution in [2.24, 2.45) is 5.73 Å². The largest absolute Gasteiger partial charge is 0.401 e. The summed E-state index contributed by atoms with van der Waals surface area (Å²) in [4.78, 5) is 11.2. The van der Waals surface area contributed by atoms with Gasteiger partial charge < -0.3 is 5.73 Å². The van der Waals surface area contributed by atoms with Crippen molar-refractivity contribution in [1.29, 1.82) is 0 Å². The Labute approximate surface area is 110 Å². The number of alkyl halides is 3. The van der Waals surface area contributed by atoms with E-state index < -0.39 is 24.7 Å². The lowest BCUT2D eigenvalue weighted by Gasteiger charge is -2.20. The van der Waals surface area contributed by atoms with Gasteiger partial charge >= 0.3 is 6.18 Å². The third kappa shape index (κ3) is 5.74. The molecule has 2 atom stereocenters. The number of nitrogens with two attached hydrogens (primary N) is 1. The molecule has 2 unspecified atom stereocenters. The Morgan fingerprint density at radius 2 is 1.89 bits per heavy atom. The van der Waals surface area contributed by atoms with E-state index in [-0.39, 0.29) is 12.3 Å². The van der Waals surface area contributed by atoms with Gasteiger partial charge in [-0.15, -0.1) is 0 Å². The van der Waals surface area contributed by atoms with E-state index >= 15 is 0 Å². The van der Waals surface area contributed by atoms with Gasteiger partial charge in [0.25, 0.3) is 0 Å². The summed E-state index contributed by atoms with van der Waals surface area (Å²) < 4.78 is 36.4. The molecule has 6 heteroatoms. The molecule has 1 rings (SSSR count). The van der Waals surface area contributed by atoms with Crippen LogP contribution in [-0.4, -0.2) is 24.7 Å². The van der Waals surface area contributed by atoms with Crippen LogP contribution in [0.5, 0.6) is 0 Å². The summed E-state index contributed by atoms with van der Waals surface area (Å²) in [7, 11) is 0. The molecule has 0 spiro atoms. The van der Waals surface area contributed by atoms with Crippen molar-refractivity contribution in [2.45, 2.75) is 31.5 Å². The van der Waals surface area contributed by atoms with E-state index in [0.717, 1.165) is 5.56 Å². The molecule has 0 aliphatic carbocycles. The molecule has 1 aromatic rings. The lowest BCUT2D eigenvalue weighted by molar-refractivity contribution is -0.131. The molecule has 0 aliphatic heterocycles. The van der Waals surface area contributed by atoms with Crippen LogP contribution in [0.4, 0.5) is 13.2 Å². The molecule has 0 heterocycles. The van der Waals surface area contributed by atoms with Crippen molar-refractivity contribution >= 4 is 5.91 Å². The quantitative estimate of drug-likeness (QED) is 0.835. The van der Waals surface area contributed by atoms with E-state index in [1.54, 1.807) is 0 Å². The maximum atomic E-state index is 12.1. The van der Waals surface area contributed by atoms with E-state index in [9.17, 15) is 18.0 Å². The van der Waals surface area contributed by atoms with E-state index in [0.29, 0.717) is 0 Å². The van der Waals surface area contributed by atoms with E-state index in [1.165, 1.54) is 0 Å². The summed E-state index contributed by atoms with van der Waals surface area (Å²) in [6.07, 6.45) is -4.13. The molecular weight excluding hydrogens is 257 g/mol. The summed E-state index contributed by atoms with van der Waals surface area (Å²) in [5, 5.41) is 2.16. The van der Waals surface area contributed by atoms with Crippen LogP contribution < -0.4 is 11.1 Å². The Bertz CT molecular complexity index is 406. The number of nitrogens with one attached hydrogen (secondary N) is 1. The van der Waals surface area contributed by atoms with Gasteiger partial charge in [-0.3, -0.25) is 10.1 Å². The van der Waals surface area contributed by atoms with E-state index in [4.69, 9.17) is 5.73 Å². The van der Waals surface area contributed by atoms with Gasteiger partial charge in [0, 0.05) is 0 Å². The molecule has 3 nitrogen and oxygen atoms in total. The van der Waals surface area contributed by atoms with E-state index in [1.807, 2.05) is 37.3 Å². The highest BCUT2D eigenvalue weighted by molar-refractivity contribution is 5.79. The van der Waals surface area contributed by atoms with Gasteiger partial charge in [0.15, 0.2) is 0 Å². The van der Waals surface area contributed by atoms with Gasteiger partial charge in [0.2, 0.25) is 5.91 Å². The van der Waals surface area contributed by atoms with Crippen LogP contribution in [0, 0.1) is 0 Å². The maximum absolute atomic E-state index is 12.1. The Balaban J connectivity index is 2.61. The van der Waals surface area contributed by atoms with Gasteiger partial charge in [-0.25, -0.2) is 0 Å². The second-order valence-electron chi connectivity index (χ2n) is 4.50. The molecule has 0 aromatic heterocycles. The van der Waals surface area contributed by atoms with Crippen molar-refractivity contribution in [3.8, 4) is 0 Å². The minimum absolute atomic E-state index is 0.0561. The molecule has 3 N–H and O–H groups in total. The molecule has 1 aromatic carbocycles. The number of carbonyl (C=O) groups is 1. The van der Waals surface area contributed by atoms with Crippen LogP contribution in [0.2, 0.25) is 0 Å². The third-order valence-corrected chi connectivity index (χ3v) is 2.85. The number of halogens is 3. The lowest BCUT2D eigenvalue weighted by Crippen LogP contribution is -2.45. The number of rotatable bonds is 6. The first kappa shape index (κ1) is 15.5. The summed E-state index contributed by atoms with van der Waals surface area (Å²) in [6.45, 7) is 0.628. The van der Waals surface area contributed by atoms with Crippen molar-refractivity contribution in [3.05, 3.63) is 35.9 Å². The van der Waals surface area contributed by atoms with Gasteiger partial charge in [-0.05, 0) is 17.9 Å². The first-order valence-electron chi connectivity index (χ1n) is 5.94. The van der Waals surface area contributed by atoms with Crippen LogP contribution in [0.3, 0.4) is 0 Å². The van der Waals surface area contributed by atoms with Crippen LogP contribution in [-0.2, 0) is 4.79 Å². The summed E-state index contributed by atoms with van der Waals surface area (Å²) in [6, 6.07) is 8.28. The average molecular weight is 274 g/mol. The van der Waals surface area contributed by atoms with Crippen molar-refractivity contribution in [1.82, 2.24) is 5.32 Å². The second-order valence-corrected chi connectivity index (χ2v) is 4.50. The highest BCUT2D eigenvalue weighted by Gasteiger charge is 2.30. The fourth-order valence-corrected chi connectivity index (χ4v) is 1.81. The molecule has 19 heavy (non-hydrogen) atoms. The number of hydrogen-bond acceptors (Lipinski definition) is 2. The normalized spacial score (nSPS) is 14.9. The number of hydrogen-bond donors (Lipinski definition) is 2. The molecule has 0 bridgehead atoms. The summed E-state index contributed by atoms with van der Waals surface area (Å²) >= 11 is 0. The summed E-state index contributed by atoms with van der Waals surface area (Å²) in [5.74, 6) is -0.827. The standard InChI is InChI=1S/C13H17F3N2O/c1-9(10-5-3-2-4-6-10)7-11(12(17)19)18-8-13(14,15)16/h2-6,9,11,18H,7-8H2,1H3,(H2,17,19). The van der Waals surface area contributed by atoms with Crippen LogP contribution in [0.1, 0.15) is 24.8 Å². The van der Waals surface area contributed by atoms with Gasteiger partial charge in [-0.2, -0.15) is 13.2 Å². The van der Waals surface area contributed by atoms with Crippen LogP contribution >= 0.6 is 0 Å². The fraction of sp³-hybridized carbons (Fsp3) is 0.462. The smallest absolute Gasteiger partial charge is 0.368 e. The lowest BCUT2D eigenvalue weighted by atomic mass is 9.93. The van der Waals surface area contributed by atoms with Crippen molar-refractivity contribution in [2.75, 3.05) is 6.54 Å². The molecule has 0 saturated heterocycles. The molecule has 106 valence electrons. The molecule has 0 radical (unpaired) electrons. The van der Waals surface area contributed by atoms with E-state index in [2.05, 4.69) is 5.32 Å². The zero-order valence-electron chi connectivity index (χ0n) is 10.6. The molecular formula is C13H17F3N2O. The monoisotopic (exact) mass is 274 g/mol. The van der Waals surface area contributed by atoms with Gasteiger partial charge in [-0.1, -0.05) is 37.3 Å². The number of primary amides is 1. The highest BCUT2D eigenvalue weighted by Crippen LogP contribution is 2.21. The Morgan fingerprint density at radius 3 is 2.37 bits per heavy atom. The number of carbonyl (C=O) groups excluding carboxylic acids is 1. The van der Waals surface area contributed by atoms with Crippen molar-refractivity contribution in [3.63, 3.8) is 0 Å². The third-order valence-electron chi connectivity index (χ3n) is 2.85. The second kappa shape index (κ2) is 6.56. The Hall–Kier alpha value is -1.56. The molecule has 1 amide bonds. The molecule has 0 saturated carbocycles. The highest BCUT2D eigenvalue weighted by atomic mass is 19.4. The molecule has 0 fully saturated rings. The average Bonchev–Trinajstić information content (AvgIpc) is 2.33. The Morgan fingerprint density at radius 1 is 1.32 bits per heavy atom. The predicted molar refractivity (Wildman–Crippen MR) is 66.5 cm³/mol. The van der Waals surface area contributed by atoms with Crippen LogP contribution in [0.25, 0.3) is 0 Å². The topological polar surface area (TPSA) is 55.1 Å².